The number of rotatable bonds is 2. The van der Waals surface area contributed by atoms with Gasteiger partial charge in [0.1, 0.15) is 0 Å². The molecule has 1 N–H and O–H groups in total. The van der Waals surface area contributed by atoms with Crippen molar-refractivity contribution in [3.05, 3.63) is 29.8 Å². The number of hydrogen-bond donors (Lipinski definition) is 1. The maximum absolute atomic E-state index is 12.1. The SMILES string of the molecule is CC(C)c1ccc(NC(=O)C(=O)N2CCN(C)CC2)cc1. The fraction of sp³-hybridized carbons (Fsp3) is 0.500. The molecule has 0 aromatic heterocycles. The van der Waals surface area contributed by atoms with Gasteiger partial charge in [-0.25, -0.2) is 0 Å². The number of hydrogen-bond acceptors (Lipinski definition) is 3. The van der Waals surface area contributed by atoms with Crippen LogP contribution in [0.25, 0.3) is 0 Å². The largest absolute Gasteiger partial charge is 0.332 e. The van der Waals surface area contributed by atoms with Crippen LogP contribution in [-0.4, -0.2) is 54.8 Å². The lowest BCUT2D eigenvalue weighted by atomic mass is 10.0. The molecule has 1 aliphatic heterocycles. The highest BCUT2D eigenvalue weighted by atomic mass is 16.2. The molecule has 0 aliphatic carbocycles. The van der Waals surface area contributed by atoms with Crippen LogP contribution in [0.1, 0.15) is 25.3 Å². The zero-order valence-corrected chi connectivity index (χ0v) is 12.9. The number of benzene rings is 1. The predicted octanol–water partition coefficient (Wildman–Crippen LogP) is 1.52. The van der Waals surface area contributed by atoms with Gasteiger partial charge in [0.15, 0.2) is 0 Å². The lowest BCUT2D eigenvalue weighted by Crippen LogP contribution is -2.50. The minimum absolute atomic E-state index is 0.446. The molecule has 0 saturated carbocycles. The van der Waals surface area contributed by atoms with E-state index in [-0.39, 0.29) is 0 Å². The van der Waals surface area contributed by atoms with Gasteiger partial charge in [0.2, 0.25) is 0 Å². The van der Waals surface area contributed by atoms with Crippen LogP contribution in [0.5, 0.6) is 0 Å². The van der Waals surface area contributed by atoms with E-state index in [1.54, 1.807) is 4.90 Å². The summed E-state index contributed by atoms with van der Waals surface area (Å²) < 4.78 is 0. The Hall–Kier alpha value is -1.88. The highest BCUT2D eigenvalue weighted by Gasteiger charge is 2.24. The molecule has 0 radical (unpaired) electrons. The van der Waals surface area contributed by atoms with Crippen molar-refractivity contribution >= 4 is 17.5 Å². The second kappa shape index (κ2) is 6.72. The number of carbonyl (C=O) groups excluding carboxylic acids is 2. The zero-order chi connectivity index (χ0) is 15.4. The molecule has 1 aromatic carbocycles. The molecule has 1 aliphatic rings. The molecule has 2 rings (SSSR count). The number of nitrogens with zero attached hydrogens (tertiary/aromatic N) is 2. The Morgan fingerprint density at radius 3 is 2.14 bits per heavy atom. The molecule has 114 valence electrons. The second-order valence-electron chi connectivity index (χ2n) is 5.83. The van der Waals surface area contributed by atoms with E-state index in [9.17, 15) is 9.59 Å². The van der Waals surface area contributed by atoms with Crippen LogP contribution in [-0.2, 0) is 9.59 Å². The molecular formula is C16H23N3O2. The van der Waals surface area contributed by atoms with Gasteiger partial charge in [-0.05, 0) is 30.7 Å². The van der Waals surface area contributed by atoms with Gasteiger partial charge in [-0.2, -0.15) is 0 Å². The summed E-state index contributed by atoms with van der Waals surface area (Å²) in [5, 5.41) is 2.67. The summed E-state index contributed by atoms with van der Waals surface area (Å²) in [5.74, 6) is -0.561. The molecule has 1 aromatic rings. The third-order valence-electron chi connectivity index (χ3n) is 3.82. The van der Waals surface area contributed by atoms with E-state index >= 15 is 0 Å². The average Bonchev–Trinajstić information content (AvgIpc) is 2.47. The normalized spacial score (nSPS) is 16.1. The molecule has 0 spiro atoms. The third-order valence-corrected chi connectivity index (χ3v) is 3.82. The Balaban J connectivity index is 1.92. The van der Waals surface area contributed by atoms with E-state index in [0.717, 1.165) is 13.1 Å². The first-order valence-corrected chi connectivity index (χ1v) is 7.36. The Kier molecular flexibility index (Phi) is 4.96. The van der Waals surface area contributed by atoms with Crippen molar-refractivity contribution in [2.75, 3.05) is 38.5 Å². The first kappa shape index (κ1) is 15.5. The van der Waals surface area contributed by atoms with Crippen molar-refractivity contribution in [2.24, 2.45) is 0 Å². The van der Waals surface area contributed by atoms with Crippen LogP contribution >= 0.6 is 0 Å². The van der Waals surface area contributed by atoms with Crippen LogP contribution in [0.15, 0.2) is 24.3 Å². The van der Waals surface area contributed by atoms with Crippen molar-refractivity contribution in [3.8, 4) is 0 Å². The first-order valence-electron chi connectivity index (χ1n) is 7.36. The van der Waals surface area contributed by atoms with Crippen LogP contribution in [0.3, 0.4) is 0 Å². The van der Waals surface area contributed by atoms with E-state index in [1.165, 1.54) is 5.56 Å². The highest BCUT2D eigenvalue weighted by molar-refractivity contribution is 6.39. The fourth-order valence-electron chi connectivity index (χ4n) is 2.29. The molecule has 1 heterocycles. The molecule has 0 bridgehead atoms. The van der Waals surface area contributed by atoms with Gasteiger partial charge in [-0.15, -0.1) is 0 Å². The molecular weight excluding hydrogens is 266 g/mol. The molecule has 1 saturated heterocycles. The van der Waals surface area contributed by atoms with E-state index in [4.69, 9.17) is 0 Å². The van der Waals surface area contributed by atoms with E-state index in [0.29, 0.717) is 24.7 Å². The summed E-state index contributed by atoms with van der Waals surface area (Å²) in [5.41, 5.74) is 1.87. The predicted molar refractivity (Wildman–Crippen MR) is 83.2 cm³/mol. The molecule has 0 atom stereocenters. The van der Waals surface area contributed by atoms with E-state index in [1.807, 2.05) is 31.3 Å². The van der Waals surface area contributed by atoms with Crippen LogP contribution in [0.4, 0.5) is 5.69 Å². The maximum Gasteiger partial charge on any atom is 0.313 e. The third kappa shape index (κ3) is 4.04. The van der Waals surface area contributed by atoms with Crippen LogP contribution in [0.2, 0.25) is 0 Å². The Bertz CT molecular complexity index is 503. The maximum atomic E-state index is 12.1. The van der Waals surface area contributed by atoms with Gasteiger partial charge in [0.25, 0.3) is 0 Å². The van der Waals surface area contributed by atoms with E-state index < -0.39 is 11.8 Å². The lowest BCUT2D eigenvalue weighted by molar-refractivity contribution is -0.144. The minimum Gasteiger partial charge on any atom is -0.332 e. The molecule has 2 amide bonds. The second-order valence-corrected chi connectivity index (χ2v) is 5.83. The Morgan fingerprint density at radius 2 is 1.62 bits per heavy atom. The van der Waals surface area contributed by atoms with Gasteiger partial charge in [0.05, 0.1) is 0 Å². The van der Waals surface area contributed by atoms with Gasteiger partial charge in [-0.3, -0.25) is 9.59 Å². The summed E-state index contributed by atoms with van der Waals surface area (Å²) in [7, 11) is 2.01. The molecule has 0 unspecified atom stereocenters. The number of likely N-dealkylation sites (N-methyl/N-ethyl adjacent to an activating group) is 1. The topological polar surface area (TPSA) is 52.7 Å². The van der Waals surface area contributed by atoms with Crippen molar-refractivity contribution in [2.45, 2.75) is 19.8 Å². The Labute approximate surface area is 125 Å². The summed E-state index contributed by atoms with van der Waals surface area (Å²) >= 11 is 0. The summed E-state index contributed by atoms with van der Waals surface area (Å²) in [6.45, 7) is 7.06. The summed E-state index contributed by atoms with van der Waals surface area (Å²) in [6.07, 6.45) is 0. The summed E-state index contributed by atoms with van der Waals surface area (Å²) in [6, 6.07) is 7.62. The van der Waals surface area contributed by atoms with E-state index in [2.05, 4.69) is 24.1 Å². The highest BCUT2D eigenvalue weighted by Crippen LogP contribution is 2.17. The van der Waals surface area contributed by atoms with Gasteiger partial charge >= 0.3 is 11.8 Å². The quantitative estimate of drug-likeness (QED) is 0.840. The molecule has 1 fully saturated rings. The fourth-order valence-corrected chi connectivity index (χ4v) is 2.29. The standard InChI is InChI=1S/C16H23N3O2/c1-12(2)13-4-6-14(7-5-13)17-15(20)16(21)19-10-8-18(3)9-11-19/h4-7,12H,8-11H2,1-3H3,(H,17,20). The number of nitrogens with one attached hydrogen (secondary N) is 1. The number of carbonyl (C=O) groups is 2. The van der Waals surface area contributed by atoms with Crippen molar-refractivity contribution in [3.63, 3.8) is 0 Å². The monoisotopic (exact) mass is 289 g/mol. The van der Waals surface area contributed by atoms with Crippen LogP contribution < -0.4 is 5.32 Å². The first-order chi connectivity index (χ1) is 9.97. The van der Waals surface area contributed by atoms with Gasteiger partial charge < -0.3 is 15.1 Å². The van der Waals surface area contributed by atoms with Crippen molar-refractivity contribution < 1.29 is 9.59 Å². The number of anilines is 1. The molecule has 5 heteroatoms. The molecule has 5 nitrogen and oxygen atoms in total. The number of piperazine rings is 1. The average molecular weight is 289 g/mol. The van der Waals surface area contributed by atoms with Crippen molar-refractivity contribution in [1.82, 2.24) is 9.80 Å². The lowest BCUT2D eigenvalue weighted by Gasteiger charge is -2.31. The summed E-state index contributed by atoms with van der Waals surface area (Å²) in [4.78, 5) is 27.8. The Morgan fingerprint density at radius 1 is 1.05 bits per heavy atom. The molecule has 21 heavy (non-hydrogen) atoms. The van der Waals surface area contributed by atoms with Gasteiger partial charge in [-0.1, -0.05) is 26.0 Å². The van der Waals surface area contributed by atoms with Gasteiger partial charge in [0, 0.05) is 31.9 Å². The smallest absolute Gasteiger partial charge is 0.313 e. The van der Waals surface area contributed by atoms with Crippen LogP contribution in [0, 0.1) is 0 Å². The number of amides is 2. The minimum atomic E-state index is -0.558. The van der Waals surface area contributed by atoms with Crippen molar-refractivity contribution in [1.29, 1.82) is 0 Å². The zero-order valence-electron chi connectivity index (χ0n) is 12.9.